The van der Waals surface area contributed by atoms with E-state index < -0.39 is 0 Å². The Kier molecular flexibility index (Phi) is 3.66. The maximum absolute atomic E-state index is 12.4. The number of anilines is 1. The molecule has 7 heteroatoms. The van der Waals surface area contributed by atoms with Crippen LogP contribution in [0.25, 0.3) is 20.4 Å². The van der Waals surface area contributed by atoms with Crippen molar-refractivity contribution in [1.82, 2.24) is 9.97 Å². The van der Waals surface area contributed by atoms with Crippen molar-refractivity contribution in [2.75, 3.05) is 12.4 Å². The van der Waals surface area contributed by atoms with Gasteiger partial charge in [0.2, 0.25) is 0 Å². The van der Waals surface area contributed by atoms with E-state index in [1.54, 1.807) is 42.7 Å². The second-order valence-corrected chi connectivity index (χ2v) is 7.40. The minimum Gasteiger partial charge on any atom is -0.497 e. The first-order valence-electron chi connectivity index (χ1n) is 7.26. The molecule has 4 rings (SSSR count). The number of amides is 1. The van der Waals surface area contributed by atoms with Crippen molar-refractivity contribution >= 4 is 54.1 Å². The van der Waals surface area contributed by atoms with Crippen LogP contribution in [-0.2, 0) is 0 Å². The number of fused-ring (bicyclic) bond motifs is 3. The minimum atomic E-state index is -0.204. The largest absolute Gasteiger partial charge is 0.497 e. The lowest BCUT2D eigenvalue weighted by Crippen LogP contribution is -2.11. The van der Waals surface area contributed by atoms with Gasteiger partial charge in [0.15, 0.2) is 5.13 Å². The van der Waals surface area contributed by atoms with Crippen LogP contribution in [0.2, 0.25) is 0 Å². The van der Waals surface area contributed by atoms with Crippen LogP contribution in [0.15, 0.2) is 36.4 Å². The van der Waals surface area contributed by atoms with E-state index in [0.717, 1.165) is 25.4 Å². The molecule has 0 aliphatic heterocycles. The van der Waals surface area contributed by atoms with Gasteiger partial charge in [0.1, 0.15) is 5.75 Å². The lowest BCUT2D eigenvalue weighted by Gasteiger charge is -2.03. The second kappa shape index (κ2) is 5.85. The zero-order valence-electron chi connectivity index (χ0n) is 13.0. The molecule has 2 aromatic heterocycles. The van der Waals surface area contributed by atoms with Crippen molar-refractivity contribution in [3.63, 3.8) is 0 Å². The number of hydrogen-bond acceptors (Lipinski definition) is 6. The molecule has 0 saturated carbocycles. The number of methoxy groups -OCH3 is 1. The number of aromatic nitrogens is 2. The van der Waals surface area contributed by atoms with Gasteiger partial charge in [-0.05, 0) is 37.3 Å². The fourth-order valence-corrected chi connectivity index (χ4v) is 4.47. The Bertz CT molecular complexity index is 1070. The van der Waals surface area contributed by atoms with Crippen molar-refractivity contribution in [1.29, 1.82) is 0 Å². The number of aryl methyl sites for hydroxylation is 1. The van der Waals surface area contributed by atoms with Crippen LogP contribution >= 0.6 is 22.7 Å². The first kappa shape index (κ1) is 15.0. The SMILES string of the molecule is COc1cccc(C(=O)Nc2nc3ccc4nc(C)sc4c3s2)c1. The predicted molar refractivity (Wildman–Crippen MR) is 98.5 cm³/mol. The Labute approximate surface area is 145 Å². The number of nitrogens with zero attached hydrogens (tertiary/aromatic N) is 2. The number of ether oxygens (including phenoxy) is 1. The van der Waals surface area contributed by atoms with Gasteiger partial charge in [0.25, 0.3) is 5.91 Å². The van der Waals surface area contributed by atoms with Gasteiger partial charge in [-0.2, -0.15) is 0 Å². The highest BCUT2D eigenvalue weighted by atomic mass is 32.1. The van der Waals surface area contributed by atoms with E-state index in [1.807, 2.05) is 19.1 Å². The highest BCUT2D eigenvalue weighted by Crippen LogP contribution is 2.35. The number of hydrogen-bond donors (Lipinski definition) is 1. The number of benzene rings is 2. The number of thiazole rings is 2. The molecule has 0 radical (unpaired) electrons. The van der Waals surface area contributed by atoms with Crippen molar-refractivity contribution in [3.8, 4) is 5.75 Å². The van der Waals surface area contributed by atoms with Gasteiger partial charge in [-0.3, -0.25) is 10.1 Å². The third-order valence-corrected chi connectivity index (χ3v) is 5.71. The Morgan fingerprint density at radius 1 is 1.08 bits per heavy atom. The first-order chi connectivity index (χ1) is 11.6. The number of carbonyl (C=O) groups is 1. The monoisotopic (exact) mass is 355 g/mol. The molecule has 2 aromatic carbocycles. The van der Waals surface area contributed by atoms with Gasteiger partial charge in [0.05, 0.1) is 32.6 Å². The highest BCUT2D eigenvalue weighted by molar-refractivity contribution is 7.28. The van der Waals surface area contributed by atoms with Gasteiger partial charge in [-0.15, -0.1) is 11.3 Å². The molecule has 0 fully saturated rings. The van der Waals surface area contributed by atoms with Crippen LogP contribution in [0.4, 0.5) is 5.13 Å². The van der Waals surface area contributed by atoms with Crippen LogP contribution in [-0.4, -0.2) is 23.0 Å². The number of rotatable bonds is 3. The summed E-state index contributed by atoms with van der Waals surface area (Å²) in [4.78, 5) is 21.4. The maximum atomic E-state index is 12.4. The molecule has 2 heterocycles. The van der Waals surface area contributed by atoms with Crippen LogP contribution in [0.3, 0.4) is 0 Å². The lowest BCUT2D eigenvalue weighted by atomic mass is 10.2. The summed E-state index contributed by atoms with van der Waals surface area (Å²) < 4.78 is 7.32. The van der Waals surface area contributed by atoms with E-state index in [4.69, 9.17) is 4.74 Å². The van der Waals surface area contributed by atoms with Gasteiger partial charge in [0, 0.05) is 5.56 Å². The third kappa shape index (κ3) is 2.61. The van der Waals surface area contributed by atoms with Gasteiger partial charge < -0.3 is 4.74 Å². The molecule has 0 saturated heterocycles. The van der Waals surface area contributed by atoms with Crippen molar-refractivity contribution in [3.05, 3.63) is 47.0 Å². The standard InChI is InChI=1S/C17H13N3O2S2/c1-9-18-12-6-7-13-15(14(12)23-9)24-17(19-13)20-16(21)10-4-3-5-11(8-10)22-2/h3-8H,1-2H3,(H,19,20,21). The molecule has 0 atom stereocenters. The zero-order valence-corrected chi connectivity index (χ0v) is 14.6. The molecule has 24 heavy (non-hydrogen) atoms. The van der Waals surface area contributed by atoms with E-state index in [1.165, 1.54) is 11.3 Å². The molecule has 0 aliphatic carbocycles. The normalized spacial score (nSPS) is 11.1. The Morgan fingerprint density at radius 3 is 2.62 bits per heavy atom. The molecule has 0 unspecified atom stereocenters. The van der Waals surface area contributed by atoms with E-state index >= 15 is 0 Å². The number of nitrogens with one attached hydrogen (secondary N) is 1. The van der Waals surface area contributed by atoms with Crippen LogP contribution in [0.5, 0.6) is 5.75 Å². The molecule has 1 amide bonds. The lowest BCUT2D eigenvalue weighted by molar-refractivity contribution is 0.102. The fourth-order valence-electron chi connectivity index (χ4n) is 2.47. The summed E-state index contributed by atoms with van der Waals surface area (Å²) in [5.74, 6) is 0.443. The number of carbonyl (C=O) groups excluding carboxylic acids is 1. The Hall–Kier alpha value is -2.51. The molecule has 0 bridgehead atoms. The Morgan fingerprint density at radius 2 is 1.83 bits per heavy atom. The van der Waals surface area contributed by atoms with Crippen molar-refractivity contribution in [2.24, 2.45) is 0 Å². The molecule has 120 valence electrons. The van der Waals surface area contributed by atoms with Crippen LogP contribution < -0.4 is 10.1 Å². The van der Waals surface area contributed by atoms with E-state index in [0.29, 0.717) is 16.4 Å². The first-order valence-corrected chi connectivity index (χ1v) is 8.89. The summed E-state index contributed by atoms with van der Waals surface area (Å²) in [6.07, 6.45) is 0. The summed E-state index contributed by atoms with van der Waals surface area (Å²) in [6, 6.07) is 10.9. The Balaban J connectivity index is 1.69. The highest BCUT2D eigenvalue weighted by Gasteiger charge is 2.13. The second-order valence-electron chi connectivity index (χ2n) is 5.20. The smallest absolute Gasteiger partial charge is 0.257 e. The zero-order chi connectivity index (χ0) is 16.7. The van der Waals surface area contributed by atoms with Gasteiger partial charge >= 0.3 is 0 Å². The summed E-state index contributed by atoms with van der Waals surface area (Å²) in [6.45, 7) is 1.99. The molecule has 5 nitrogen and oxygen atoms in total. The van der Waals surface area contributed by atoms with Crippen LogP contribution in [0.1, 0.15) is 15.4 Å². The topological polar surface area (TPSA) is 64.1 Å². The average Bonchev–Trinajstić information content (AvgIpc) is 3.16. The van der Waals surface area contributed by atoms with Crippen molar-refractivity contribution < 1.29 is 9.53 Å². The quantitative estimate of drug-likeness (QED) is 0.589. The molecule has 0 aliphatic rings. The van der Waals surface area contributed by atoms with Gasteiger partial charge in [-0.1, -0.05) is 17.4 Å². The predicted octanol–water partition coefficient (Wildman–Crippen LogP) is 4.48. The third-order valence-electron chi connectivity index (χ3n) is 3.57. The summed E-state index contributed by atoms with van der Waals surface area (Å²) in [7, 11) is 1.58. The molecule has 1 N–H and O–H groups in total. The summed E-state index contributed by atoms with van der Waals surface area (Å²) in [5.41, 5.74) is 2.38. The van der Waals surface area contributed by atoms with E-state index in [2.05, 4.69) is 15.3 Å². The van der Waals surface area contributed by atoms with Gasteiger partial charge in [-0.25, -0.2) is 9.97 Å². The summed E-state index contributed by atoms with van der Waals surface area (Å²) in [5, 5.41) is 4.47. The van der Waals surface area contributed by atoms with E-state index in [9.17, 15) is 4.79 Å². The van der Waals surface area contributed by atoms with Crippen molar-refractivity contribution in [2.45, 2.75) is 6.92 Å². The minimum absolute atomic E-state index is 0.204. The summed E-state index contributed by atoms with van der Waals surface area (Å²) >= 11 is 3.11. The molecule has 0 spiro atoms. The molecule has 4 aromatic rings. The molecular formula is C17H13N3O2S2. The fraction of sp³-hybridized carbons (Fsp3) is 0.118. The van der Waals surface area contributed by atoms with E-state index in [-0.39, 0.29) is 5.91 Å². The average molecular weight is 355 g/mol. The van der Waals surface area contributed by atoms with Crippen LogP contribution in [0, 0.1) is 6.92 Å². The molecular weight excluding hydrogens is 342 g/mol. The maximum Gasteiger partial charge on any atom is 0.257 e.